The Kier molecular flexibility index (Phi) is 8.20. The highest BCUT2D eigenvalue weighted by Gasteiger charge is 2.06. The number of ether oxygens (including phenoxy) is 1. The van der Waals surface area contributed by atoms with Gasteiger partial charge in [0, 0.05) is 34.5 Å². The van der Waals surface area contributed by atoms with E-state index < -0.39 is 4.92 Å². The van der Waals surface area contributed by atoms with Crippen LogP contribution in [0.1, 0.15) is 36.2 Å². The number of halogens is 1. The maximum atomic E-state index is 10.9. The van der Waals surface area contributed by atoms with Crippen LogP contribution in [0.5, 0.6) is 5.75 Å². The summed E-state index contributed by atoms with van der Waals surface area (Å²) in [5.74, 6) is 6.65. The molecule has 29 heavy (non-hydrogen) atoms. The molecular formula is C23H21ClN2O3. The van der Waals surface area contributed by atoms with Crippen molar-refractivity contribution < 1.29 is 9.66 Å². The van der Waals surface area contributed by atoms with E-state index >= 15 is 0 Å². The van der Waals surface area contributed by atoms with Crippen molar-refractivity contribution in [3.63, 3.8) is 0 Å². The predicted octanol–water partition coefficient (Wildman–Crippen LogP) is 5.96. The molecule has 0 amide bonds. The largest absolute Gasteiger partial charge is 0.487 e. The van der Waals surface area contributed by atoms with Gasteiger partial charge in [0.25, 0.3) is 5.69 Å². The van der Waals surface area contributed by atoms with E-state index in [9.17, 15) is 10.1 Å². The molecule has 0 aliphatic carbocycles. The minimum Gasteiger partial charge on any atom is -0.487 e. The Bertz CT molecular complexity index is 1060. The van der Waals surface area contributed by atoms with Crippen LogP contribution in [0.25, 0.3) is 0 Å². The van der Waals surface area contributed by atoms with Crippen LogP contribution >= 0.6 is 11.6 Å². The van der Waals surface area contributed by atoms with E-state index in [1.807, 2.05) is 32.9 Å². The first-order valence-corrected chi connectivity index (χ1v) is 9.50. The minimum absolute atomic E-state index is 0.00738. The van der Waals surface area contributed by atoms with E-state index in [2.05, 4.69) is 16.8 Å². The first-order valence-electron chi connectivity index (χ1n) is 9.12. The average molecular weight is 409 g/mol. The van der Waals surface area contributed by atoms with Gasteiger partial charge >= 0.3 is 0 Å². The minimum atomic E-state index is -0.443. The van der Waals surface area contributed by atoms with E-state index in [4.69, 9.17) is 16.3 Å². The third kappa shape index (κ3) is 6.34. The molecule has 0 fully saturated rings. The molecule has 0 saturated carbocycles. The molecule has 0 aliphatic rings. The highest BCUT2D eigenvalue weighted by molar-refractivity contribution is 6.30. The second-order valence-corrected chi connectivity index (χ2v) is 6.19. The number of hydrogen-bond donors (Lipinski definition) is 0. The van der Waals surface area contributed by atoms with Crippen LogP contribution in [0, 0.1) is 28.9 Å². The number of benzene rings is 2. The molecule has 0 radical (unpaired) electrons. The second-order valence-electron chi connectivity index (χ2n) is 5.75. The normalized spacial score (nSPS) is 9.52. The molecule has 1 heterocycles. The van der Waals surface area contributed by atoms with Gasteiger partial charge in [-0.3, -0.25) is 15.1 Å². The molecule has 0 saturated heterocycles. The lowest BCUT2D eigenvalue weighted by Crippen LogP contribution is -2.02. The van der Waals surface area contributed by atoms with Crippen LogP contribution in [0.4, 0.5) is 5.69 Å². The topological polar surface area (TPSA) is 65.3 Å². The molecule has 2 aromatic carbocycles. The lowest BCUT2D eigenvalue weighted by atomic mass is 10.1. The summed E-state index contributed by atoms with van der Waals surface area (Å²) in [5.41, 5.74) is 2.91. The monoisotopic (exact) mass is 408 g/mol. The van der Waals surface area contributed by atoms with Crippen LogP contribution in [0.15, 0.2) is 60.8 Å². The number of pyridine rings is 1. The zero-order valence-corrected chi connectivity index (χ0v) is 17.2. The van der Waals surface area contributed by atoms with Gasteiger partial charge in [0.05, 0.1) is 10.6 Å². The van der Waals surface area contributed by atoms with Crippen molar-refractivity contribution in [2.24, 2.45) is 0 Å². The zero-order chi connectivity index (χ0) is 21.2. The van der Waals surface area contributed by atoms with Crippen LogP contribution in [-0.2, 0) is 6.61 Å². The maximum Gasteiger partial charge on any atom is 0.270 e. The summed E-state index contributed by atoms with van der Waals surface area (Å²) in [4.78, 5) is 14.8. The summed E-state index contributed by atoms with van der Waals surface area (Å²) >= 11 is 6.02. The molecule has 6 heteroatoms. The number of nitro groups is 1. The summed E-state index contributed by atoms with van der Waals surface area (Å²) in [5, 5.41) is 11.5. The molecule has 5 nitrogen and oxygen atoms in total. The van der Waals surface area contributed by atoms with E-state index in [-0.39, 0.29) is 12.3 Å². The molecule has 0 spiro atoms. The predicted molar refractivity (Wildman–Crippen MR) is 115 cm³/mol. The number of aromatic nitrogens is 1. The fourth-order valence-corrected chi connectivity index (χ4v) is 2.54. The Balaban J connectivity index is 0.00000145. The van der Waals surface area contributed by atoms with Crippen molar-refractivity contribution >= 4 is 17.3 Å². The highest BCUT2D eigenvalue weighted by Crippen LogP contribution is 2.23. The van der Waals surface area contributed by atoms with E-state index in [1.54, 1.807) is 36.5 Å². The lowest BCUT2D eigenvalue weighted by Gasteiger charge is -2.10. The summed E-state index contributed by atoms with van der Waals surface area (Å²) in [6.45, 7) is 6.17. The van der Waals surface area contributed by atoms with Gasteiger partial charge in [0.1, 0.15) is 12.4 Å². The Morgan fingerprint density at radius 1 is 1.10 bits per heavy atom. The average Bonchev–Trinajstić information content (AvgIpc) is 2.75. The van der Waals surface area contributed by atoms with Gasteiger partial charge in [-0.15, -0.1) is 0 Å². The van der Waals surface area contributed by atoms with Crippen molar-refractivity contribution in [2.75, 3.05) is 0 Å². The lowest BCUT2D eigenvalue weighted by molar-refractivity contribution is -0.384. The van der Waals surface area contributed by atoms with E-state index in [0.717, 1.165) is 5.56 Å². The summed E-state index contributed by atoms with van der Waals surface area (Å²) in [7, 11) is 0. The van der Waals surface area contributed by atoms with Gasteiger partial charge in [-0.2, -0.15) is 0 Å². The number of nitrogens with zero attached hydrogens (tertiary/aromatic N) is 2. The van der Waals surface area contributed by atoms with Gasteiger partial charge in [-0.1, -0.05) is 49.4 Å². The molecule has 1 aromatic heterocycles. The summed E-state index contributed by atoms with van der Waals surface area (Å²) in [6, 6.07) is 15.3. The molecule has 0 atom stereocenters. The molecule has 148 valence electrons. The Labute approximate surface area is 175 Å². The third-order valence-corrected chi connectivity index (χ3v) is 4.04. The van der Waals surface area contributed by atoms with E-state index in [1.165, 1.54) is 12.1 Å². The molecule has 0 unspecified atom stereocenters. The van der Waals surface area contributed by atoms with Gasteiger partial charge < -0.3 is 4.74 Å². The van der Waals surface area contributed by atoms with E-state index in [0.29, 0.717) is 27.6 Å². The molecule has 0 bridgehead atoms. The first-order chi connectivity index (χ1) is 14.0. The van der Waals surface area contributed by atoms with Crippen molar-refractivity contribution in [3.8, 4) is 17.6 Å². The number of hydrogen-bond acceptors (Lipinski definition) is 4. The smallest absolute Gasteiger partial charge is 0.270 e. The summed E-state index contributed by atoms with van der Waals surface area (Å²) < 4.78 is 5.84. The summed E-state index contributed by atoms with van der Waals surface area (Å²) in [6.07, 6.45) is 1.67. The molecule has 3 rings (SSSR count). The fraction of sp³-hybridized carbons (Fsp3) is 0.174. The standard InChI is InChI=1S/C21H15ClN2O3.C2H6/c1-15-7-10-18(22)13-21(15)27-14-20-17(5-3-11-23-20)9-8-16-4-2-6-19(12-16)24(25)26;1-2/h2-7,10-13H,14H2,1H3;1-2H3. The number of aryl methyl sites for hydroxylation is 1. The van der Waals surface area contributed by atoms with Gasteiger partial charge in [-0.25, -0.2) is 0 Å². The fourth-order valence-electron chi connectivity index (χ4n) is 2.38. The van der Waals surface area contributed by atoms with Crippen molar-refractivity contribution in [3.05, 3.63) is 98.3 Å². The molecule has 3 aromatic rings. The molecule has 0 N–H and O–H groups in total. The van der Waals surface area contributed by atoms with Crippen LogP contribution in [-0.4, -0.2) is 9.91 Å². The van der Waals surface area contributed by atoms with Crippen molar-refractivity contribution in [1.82, 2.24) is 4.98 Å². The van der Waals surface area contributed by atoms with Crippen LogP contribution in [0.2, 0.25) is 5.02 Å². The number of nitro benzene ring substituents is 1. The third-order valence-electron chi connectivity index (χ3n) is 3.80. The highest BCUT2D eigenvalue weighted by atomic mass is 35.5. The van der Waals surface area contributed by atoms with Gasteiger partial charge in [0.15, 0.2) is 0 Å². The van der Waals surface area contributed by atoms with Gasteiger partial charge in [0.2, 0.25) is 0 Å². The number of rotatable bonds is 4. The Hall–Kier alpha value is -3.36. The zero-order valence-electron chi connectivity index (χ0n) is 16.5. The van der Waals surface area contributed by atoms with Gasteiger partial charge in [-0.05, 0) is 42.8 Å². The van der Waals surface area contributed by atoms with Crippen LogP contribution in [0.3, 0.4) is 0 Å². The second kappa shape index (κ2) is 10.8. The van der Waals surface area contributed by atoms with Crippen molar-refractivity contribution in [2.45, 2.75) is 27.4 Å². The maximum absolute atomic E-state index is 10.9. The number of non-ortho nitro benzene ring substituents is 1. The Morgan fingerprint density at radius 3 is 2.66 bits per heavy atom. The Morgan fingerprint density at radius 2 is 1.90 bits per heavy atom. The quantitative estimate of drug-likeness (QED) is 0.303. The van der Waals surface area contributed by atoms with Crippen LogP contribution < -0.4 is 4.74 Å². The molecular weight excluding hydrogens is 388 g/mol. The molecule has 0 aliphatic heterocycles. The SMILES string of the molecule is CC.Cc1ccc(Cl)cc1OCc1ncccc1C#Cc1cccc([N+](=O)[O-])c1. The first kappa shape index (κ1) is 21.9. The van der Waals surface area contributed by atoms with Crippen molar-refractivity contribution in [1.29, 1.82) is 0 Å².